The van der Waals surface area contributed by atoms with E-state index in [1.54, 1.807) is 26.5 Å². The molecule has 0 aliphatic heterocycles. The van der Waals surface area contributed by atoms with Crippen molar-refractivity contribution in [3.05, 3.63) is 24.7 Å². The van der Waals surface area contributed by atoms with Crippen molar-refractivity contribution in [1.29, 1.82) is 0 Å². The summed E-state index contributed by atoms with van der Waals surface area (Å²) in [5.74, 6) is 1.31. The summed E-state index contributed by atoms with van der Waals surface area (Å²) in [6.45, 7) is 0. The first-order valence-electron chi connectivity index (χ1n) is 6.88. The van der Waals surface area contributed by atoms with E-state index in [0.717, 1.165) is 21.7 Å². The van der Waals surface area contributed by atoms with Gasteiger partial charge in [0.15, 0.2) is 5.82 Å². The van der Waals surface area contributed by atoms with Crippen molar-refractivity contribution >= 4 is 16.7 Å². The quantitative estimate of drug-likeness (QED) is 0.736. The topological polar surface area (TPSA) is 85.5 Å². The molecule has 120 valence electrons. The van der Waals surface area contributed by atoms with Crippen LogP contribution in [0.4, 0.5) is 5.82 Å². The zero-order chi connectivity index (χ0) is 16.6. The lowest BCUT2D eigenvalue weighted by Crippen LogP contribution is -2.11. The van der Waals surface area contributed by atoms with Gasteiger partial charge in [-0.1, -0.05) is 0 Å². The summed E-state index contributed by atoms with van der Waals surface area (Å²) in [6, 6.07) is 3.75. The number of rotatable bonds is 4. The van der Waals surface area contributed by atoms with Gasteiger partial charge in [-0.25, -0.2) is 20.0 Å². The Bertz CT molecular complexity index is 837. The lowest BCUT2D eigenvalue weighted by Gasteiger charge is -2.11. The fraction of sp³-hybridized carbons (Fsp3) is 0.267. The van der Waals surface area contributed by atoms with Gasteiger partial charge >= 0.3 is 0 Å². The molecule has 3 aromatic rings. The molecule has 8 heteroatoms. The number of ether oxygens (including phenoxy) is 2. The second-order valence-electron chi connectivity index (χ2n) is 4.98. The van der Waals surface area contributed by atoms with Crippen LogP contribution in [0, 0.1) is 0 Å². The molecule has 0 aliphatic rings. The van der Waals surface area contributed by atoms with Gasteiger partial charge in [-0.2, -0.15) is 0 Å². The van der Waals surface area contributed by atoms with Crippen molar-refractivity contribution in [2.75, 3.05) is 26.3 Å². The minimum atomic E-state index is 0.426. The van der Waals surface area contributed by atoms with E-state index in [1.807, 2.05) is 17.7 Å². The highest BCUT2D eigenvalue weighted by atomic mass is 16.5. The van der Waals surface area contributed by atoms with Crippen LogP contribution in [-0.2, 0) is 7.05 Å². The Morgan fingerprint density at radius 3 is 2.30 bits per heavy atom. The SMILES string of the molecule is COc1ncnc(OC)c1-c1cc2cc(N(C)O)ncc2n1C. The van der Waals surface area contributed by atoms with Gasteiger partial charge in [-0.15, -0.1) is 0 Å². The number of pyridine rings is 1. The van der Waals surface area contributed by atoms with Crippen LogP contribution in [0.2, 0.25) is 0 Å². The predicted molar refractivity (Wildman–Crippen MR) is 85.0 cm³/mol. The summed E-state index contributed by atoms with van der Waals surface area (Å²) in [5, 5.41) is 11.4. The standard InChI is InChI=1S/C15H17N5O3/c1-19-10(13-14(22-3)17-8-18-15(13)23-4)5-9-6-12(20(2)21)16-7-11(9)19/h5-8,21H,1-4H3. The highest BCUT2D eigenvalue weighted by Crippen LogP contribution is 2.37. The predicted octanol–water partition coefficient (Wildman–Crippen LogP) is 1.87. The lowest BCUT2D eigenvalue weighted by molar-refractivity contribution is 0.276. The van der Waals surface area contributed by atoms with Crippen molar-refractivity contribution in [3.8, 4) is 23.0 Å². The first-order valence-corrected chi connectivity index (χ1v) is 6.88. The van der Waals surface area contributed by atoms with E-state index in [1.165, 1.54) is 13.4 Å². The van der Waals surface area contributed by atoms with Crippen LogP contribution in [0.25, 0.3) is 22.2 Å². The fourth-order valence-corrected chi connectivity index (χ4v) is 2.52. The molecule has 0 fully saturated rings. The minimum Gasteiger partial charge on any atom is -0.480 e. The number of methoxy groups -OCH3 is 2. The Labute approximate surface area is 132 Å². The molecule has 0 radical (unpaired) electrons. The highest BCUT2D eigenvalue weighted by molar-refractivity contribution is 5.89. The van der Waals surface area contributed by atoms with Crippen molar-refractivity contribution in [3.63, 3.8) is 0 Å². The maximum Gasteiger partial charge on any atom is 0.229 e. The molecule has 0 spiro atoms. The second-order valence-corrected chi connectivity index (χ2v) is 4.98. The summed E-state index contributed by atoms with van der Waals surface area (Å²) in [7, 11) is 6.53. The molecule has 1 N–H and O–H groups in total. The second kappa shape index (κ2) is 5.73. The number of hydroxylamine groups is 1. The van der Waals surface area contributed by atoms with E-state index < -0.39 is 0 Å². The number of aryl methyl sites for hydroxylation is 1. The van der Waals surface area contributed by atoms with Gasteiger partial charge in [0, 0.05) is 19.5 Å². The van der Waals surface area contributed by atoms with Crippen LogP contribution in [-0.4, -0.2) is 46.0 Å². The first kappa shape index (κ1) is 15.0. The summed E-state index contributed by atoms with van der Waals surface area (Å²) < 4.78 is 12.6. The number of fused-ring (bicyclic) bond motifs is 1. The Balaban J connectivity index is 2.27. The van der Waals surface area contributed by atoms with E-state index in [-0.39, 0.29) is 0 Å². The maximum atomic E-state index is 9.54. The largest absolute Gasteiger partial charge is 0.480 e. The molecule has 0 atom stereocenters. The van der Waals surface area contributed by atoms with Crippen LogP contribution >= 0.6 is 0 Å². The average Bonchev–Trinajstić information content (AvgIpc) is 2.89. The van der Waals surface area contributed by atoms with Gasteiger partial charge in [0.2, 0.25) is 11.8 Å². The fourth-order valence-electron chi connectivity index (χ4n) is 2.52. The van der Waals surface area contributed by atoms with Crippen LogP contribution in [0.15, 0.2) is 24.7 Å². The van der Waals surface area contributed by atoms with Gasteiger partial charge in [-0.05, 0) is 12.1 Å². The Morgan fingerprint density at radius 1 is 1.09 bits per heavy atom. The Morgan fingerprint density at radius 2 is 1.74 bits per heavy atom. The van der Waals surface area contributed by atoms with Crippen LogP contribution in [0.5, 0.6) is 11.8 Å². The normalized spacial score (nSPS) is 10.8. The Hall–Kier alpha value is -2.87. The summed E-state index contributed by atoms with van der Waals surface area (Å²) in [4.78, 5) is 12.5. The third-order valence-corrected chi connectivity index (χ3v) is 3.67. The number of aromatic nitrogens is 4. The molecule has 0 saturated heterocycles. The molecule has 3 aromatic heterocycles. The number of hydrogen-bond donors (Lipinski definition) is 1. The van der Waals surface area contributed by atoms with Gasteiger partial charge in [0.25, 0.3) is 0 Å². The van der Waals surface area contributed by atoms with Crippen LogP contribution in [0.3, 0.4) is 0 Å². The van der Waals surface area contributed by atoms with E-state index in [9.17, 15) is 5.21 Å². The van der Waals surface area contributed by atoms with Crippen molar-refractivity contribution in [2.45, 2.75) is 0 Å². The molecule has 0 bridgehead atoms. The molecule has 8 nitrogen and oxygen atoms in total. The molecular formula is C15H17N5O3. The van der Waals surface area contributed by atoms with Gasteiger partial charge < -0.3 is 14.0 Å². The van der Waals surface area contributed by atoms with E-state index in [2.05, 4.69) is 15.0 Å². The van der Waals surface area contributed by atoms with Gasteiger partial charge in [0.05, 0.1) is 31.6 Å². The highest BCUT2D eigenvalue weighted by Gasteiger charge is 2.20. The monoisotopic (exact) mass is 315 g/mol. The molecule has 0 amide bonds. The molecule has 3 heterocycles. The van der Waals surface area contributed by atoms with Crippen molar-refractivity contribution < 1.29 is 14.7 Å². The van der Waals surface area contributed by atoms with E-state index >= 15 is 0 Å². The Kier molecular flexibility index (Phi) is 3.75. The van der Waals surface area contributed by atoms with Gasteiger partial charge in [-0.3, -0.25) is 5.21 Å². The zero-order valence-electron chi connectivity index (χ0n) is 13.3. The summed E-state index contributed by atoms with van der Waals surface area (Å²) in [5.41, 5.74) is 2.39. The lowest BCUT2D eigenvalue weighted by atomic mass is 10.2. The number of anilines is 1. The molecular weight excluding hydrogens is 298 g/mol. The van der Waals surface area contributed by atoms with Crippen molar-refractivity contribution in [1.82, 2.24) is 19.5 Å². The van der Waals surface area contributed by atoms with E-state index in [4.69, 9.17) is 9.47 Å². The summed E-state index contributed by atoms with van der Waals surface area (Å²) >= 11 is 0. The summed E-state index contributed by atoms with van der Waals surface area (Å²) in [6.07, 6.45) is 3.09. The van der Waals surface area contributed by atoms with Crippen LogP contribution in [0.1, 0.15) is 0 Å². The molecule has 0 unspecified atom stereocenters. The molecule has 3 rings (SSSR count). The third-order valence-electron chi connectivity index (χ3n) is 3.67. The number of nitrogens with zero attached hydrogens (tertiary/aromatic N) is 5. The molecule has 0 saturated carbocycles. The smallest absolute Gasteiger partial charge is 0.229 e. The third kappa shape index (κ3) is 2.42. The van der Waals surface area contributed by atoms with E-state index in [0.29, 0.717) is 23.1 Å². The average molecular weight is 315 g/mol. The number of hydrogen-bond acceptors (Lipinski definition) is 7. The first-order chi connectivity index (χ1) is 11.1. The molecule has 23 heavy (non-hydrogen) atoms. The molecule has 0 aromatic carbocycles. The molecule has 0 aliphatic carbocycles. The maximum absolute atomic E-state index is 9.54. The zero-order valence-corrected chi connectivity index (χ0v) is 13.3. The van der Waals surface area contributed by atoms with Crippen LogP contribution < -0.4 is 14.5 Å². The van der Waals surface area contributed by atoms with Gasteiger partial charge in [0.1, 0.15) is 11.9 Å². The minimum absolute atomic E-state index is 0.426. The van der Waals surface area contributed by atoms with Crippen molar-refractivity contribution in [2.24, 2.45) is 7.05 Å².